The first-order valence-corrected chi connectivity index (χ1v) is 10.0. The van der Waals surface area contributed by atoms with Crippen LogP contribution in [-0.2, 0) is 17.6 Å². The summed E-state index contributed by atoms with van der Waals surface area (Å²) in [6.07, 6.45) is 3.21. The fourth-order valence-corrected chi connectivity index (χ4v) is 3.39. The van der Waals surface area contributed by atoms with Crippen LogP contribution in [-0.4, -0.2) is 22.0 Å². The lowest BCUT2D eigenvalue weighted by Gasteiger charge is -2.05. The van der Waals surface area contributed by atoms with Crippen LogP contribution in [0.1, 0.15) is 40.7 Å². The Hall–Kier alpha value is -3.06. The molecule has 0 aliphatic rings. The molecule has 0 aliphatic carbocycles. The standard InChI is InChI=1S/C21H22N4O2S/c1-2-18(26)22-17-13-11-16(12-14-17)20(27)23-21-25-24-19(28-21)10-6-9-15-7-4-3-5-8-15/h3-5,7-8,11-14H,2,6,9-10H2,1H3,(H,22,26)(H,23,25,27). The minimum Gasteiger partial charge on any atom is -0.326 e. The van der Waals surface area contributed by atoms with Crippen LogP contribution in [0.2, 0.25) is 0 Å². The average molecular weight is 395 g/mol. The fourth-order valence-electron chi connectivity index (χ4n) is 2.62. The average Bonchev–Trinajstić information content (AvgIpc) is 3.16. The summed E-state index contributed by atoms with van der Waals surface area (Å²) in [6.45, 7) is 1.79. The first-order valence-electron chi connectivity index (χ1n) is 9.21. The van der Waals surface area contributed by atoms with Crippen LogP contribution in [0.5, 0.6) is 0 Å². The van der Waals surface area contributed by atoms with E-state index in [1.54, 1.807) is 31.2 Å². The molecule has 7 heteroatoms. The van der Waals surface area contributed by atoms with Gasteiger partial charge in [-0.1, -0.05) is 48.6 Å². The highest BCUT2D eigenvalue weighted by Gasteiger charge is 2.11. The monoisotopic (exact) mass is 394 g/mol. The minimum absolute atomic E-state index is 0.0640. The van der Waals surface area contributed by atoms with Gasteiger partial charge in [0.1, 0.15) is 5.01 Å². The molecule has 2 aromatic carbocycles. The van der Waals surface area contributed by atoms with Gasteiger partial charge in [-0.15, -0.1) is 10.2 Å². The fraction of sp³-hybridized carbons (Fsp3) is 0.238. The third kappa shape index (κ3) is 5.72. The number of amides is 2. The highest BCUT2D eigenvalue weighted by atomic mass is 32.1. The van der Waals surface area contributed by atoms with Crippen molar-refractivity contribution in [3.8, 4) is 0 Å². The summed E-state index contributed by atoms with van der Waals surface area (Å²) in [5, 5.41) is 15.1. The van der Waals surface area contributed by atoms with Crippen LogP contribution in [0.25, 0.3) is 0 Å². The third-order valence-electron chi connectivity index (χ3n) is 4.14. The molecule has 144 valence electrons. The van der Waals surface area contributed by atoms with Crippen LogP contribution in [0.4, 0.5) is 10.8 Å². The van der Waals surface area contributed by atoms with Crippen LogP contribution in [0.3, 0.4) is 0 Å². The van der Waals surface area contributed by atoms with Gasteiger partial charge in [-0.3, -0.25) is 14.9 Å². The number of aromatic nitrogens is 2. The third-order valence-corrected chi connectivity index (χ3v) is 5.04. The molecule has 2 amide bonds. The lowest BCUT2D eigenvalue weighted by atomic mass is 10.1. The molecule has 0 radical (unpaired) electrons. The summed E-state index contributed by atoms with van der Waals surface area (Å²) in [6, 6.07) is 17.1. The number of nitrogens with one attached hydrogen (secondary N) is 2. The molecule has 2 N–H and O–H groups in total. The Morgan fingerprint density at radius 1 is 0.929 bits per heavy atom. The Labute approximate surface area is 168 Å². The van der Waals surface area contributed by atoms with E-state index in [9.17, 15) is 9.59 Å². The molecule has 28 heavy (non-hydrogen) atoms. The van der Waals surface area contributed by atoms with Gasteiger partial charge in [0.25, 0.3) is 5.91 Å². The van der Waals surface area contributed by atoms with Gasteiger partial charge in [-0.2, -0.15) is 0 Å². The molecule has 0 saturated heterocycles. The van der Waals surface area contributed by atoms with Crippen LogP contribution < -0.4 is 10.6 Å². The van der Waals surface area contributed by atoms with E-state index in [1.807, 2.05) is 18.2 Å². The molecule has 0 atom stereocenters. The second-order valence-electron chi connectivity index (χ2n) is 6.27. The summed E-state index contributed by atoms with van der Waals surface area (Å²) in [5.41, 5.74) is 2.47. The van der Waals surface area contributed by atoms with Gasteiger partial charge >= 0.3 is 0 Å². The Bertz CT molecular complexity index is 923. The number of anilines is 2. The van der Waals surface area contributed by atoms with Crippen molar-refractivity contribution in [1.29, 1.82) is 0 Å². The molecule has 6 nitrogen and oxygen atoms in total. The van der Waals surface area contributed by atoms with E-state index in [0.29, 0.717) is 22.8 Å². The van der Waals surface area contributed by atoms with Gasteiger partial charge in [0.15, 0.2) is 0 Å². The van der Waals surface area contributed by atoms with Crippen molar-refractivity contribution >= 4 is 34.0 Å². The highest BCUT2D eigenvalue weighted by Crippen LogP contribution is 2.19. The van der Waals surface area contributed by atoms with E-state index < -0.39 is 0 Å². The quantitative estimate of drug-likeness (QED) is 0.596. The molecule has 0 spiro atoms. The van der Waals surface area contributed by atoms with E-state index in [2.05, 4.69) is 33.0 Å². The van der Waals surface area contributed by atoms with Gasteiger partial charge in [-0.05, 0) is 42.7 Å². The lowest BCUT2D eigenvalue weighted by Crippen LogP contribution is -2.12. The number of carbonyl (C=O) groups excluding carboxylic acids is 2. The molecule has 1 heterocycles. The second kappa shape index (κ2) is 9.75. The highest BCUT2D eigenvalue weighted by molar-refractivity contribution is 7.15. The van der Waals surface area contributed by atoms with Crippen molar-refractivity contribution in [2.24, 2.45) is 0 Å². The summed E-state index contributed by atoms with van der Waals surface area (Å²) in [5.74, 6) is -0.314. The first kappa shape index (κ1) is 19.7. The van der Waals surface area contributed by atoms with E-state index in [4.69, 9.17) is 0 Å². The molecule has 0 fully saturated rings. The van der Waals surface area contributed by atoms with E-state index >= 15 is 0 Å². The van der Waals surface area contributed by atoms with Gasteiger partial charge < -0.3 is 5.32 Å². The zero-order valence-corrected chi connectivity index (χ0v) is 16.5. The lowest BCUT2D eigenvalue weighted by molar-refractivity contribution is -0.115. The van der Waals surface area contributed by atoms with Crippen molar-refractivity contribution in [2.75, 3.05) is 10.6 Å². The topological polar surface area (TPSA) is 84.0 Å². The van der Waals surface area contributed by atoms with Crippen molar-refractivity contribution in [2.45, 2.75) is 32.6 Å². The zero-order chi connectivity index (χ0) is 19.8. The summed E-state index contributed by atoms with van der Waals surface area (Å²) >= 11 is 1.39. The SMILES string of the molecule is CCC(=O)Nc1ccc(C(=O)Nc2nnc(CCCc3ccccc3)s2)cc1. The van der Waals surface area contributed by atoms with E-state index in [0.717, 1.165) is 24.3 Å². The van der Waals surface area contributed by atoms with Gasteiger partial charge in [0, 0.05) is 24.1 Å². The van der Waals surface area contributed by atoms with Crippen molar-refractivity contribution < 1.29 is 9.59 Å². The Morgan fingerprint density at radius 2 is 1.68 bits per heavy atom. The molecule has 3 rings (SSSR count). The molecule has 0 unspecified atom stereocenters. The minimum atomic E-state index is -0.250. The molecule has 3 aromatic rings. The van der Waals surface area contributed by atoms with Crippen molar-refractivity contribution in [3.63, 3.8) is 0 Å². The molecule has 0 saturated carbocycles. The smallest absolute Gasteiger partial charge is 0.257 e. The number of hydrogen-bond acceptors (Lipinski definition) is 5. The van der Waals surface area contributed by atoms with Gasteiger partial charge in [-0.25, -0.2) is 0 Å². The van der Waals surface area contributed by atoms with Crippen LogP contribution >= 0.6 is 11.3 Å². The second-order valence-corrected chi connectivity index (χ2v) is 7.34. The zero-order valence-electron chi connectivity index (χ0n) is 15.6. The predicted molar refractivity (Wildman–Crippen MR) is 112 cm³/mol. The Morgan fingerprint density at radius 3 is 2.39 bits per heavy atom. The Balaban J connectivity index is 1.50. The molecular formula is C21H22N4O2S. The number of hydrogen-bond donors (Lipinski definition) is 2. The summed E-state index contributed by atoms with van der Waals surface area (Å²) in [7, 11) is 0. The number of carbonyl (C=O) groups is 2. The largest absolute Gasteiger partial charge is 0.326 e. The van der Waals surface area contributed by atoms with Crippen molar-refractivity contribution in [1.82, 2.24) is 10.2 Å². The summed E-state index contributed by atoms with van der Waals surface area (Å²) in [4.78, 5) is 23.7. The van der Waals surface area contributed by atoms with E-state index in [-0.39, 0.29) is 11.8 Å². The molecule has 0 aliphatic heterocycles. The maximum Gasteiger partial charge on any atom is 0.257 e. The number of rotatable bonds is 8. The summed E-state index contributed by atoms with van der Waals surface area (Å²) < 4.78 is 0. The number of aryl methyl sites for hydroxylation is 2. The first-order chi connectivity index (χ1) is 13.6. The Kier molecular flexibility index (Phi) is 6.86. The van der Waals surface area contributed by atoms with Crippen LogP contribution in [0.15, 0.2) is 54.6 Å². The van der Waals surface area contributed by atoms with Crippen molar-refractivity contribution in [3.05, 3.63) is 70.7 Å². The normalized spacial score (nSPS) is 10.5. The van der Waals surface area contributed by atoms with E-state index in [1.165, 1.54) is 16.9 Å². The molecular weight excluding hydrogens is 372 g/mol. The number of nitrogens with zero attached hydrogens (tertiary/aromatic N) is 2. The predicted octanol–water partition coefficient (Wildman–Crippen LogP) is 4.31. The van der Waals surface area contributed by atoms with Gasteiger partial charge in [0.05, 0.1) is 0 Å². The molecule has 0 bridgehead atoms. The molecule has 1 aromatic heterocycles. The van der Waals surface area contributed by atoms with Gasteiger partial charge in [0.2, 0.25) is 11.0 Å². The maximum atomic E-state index is 12.4. The number of benzene rings is 2. The maximum absolute atomic E-state index is 12.4. The van der Waals surface area contributed by atoms with Crippen LogP contribution in [0, 0.1) is 0 Å².